The smallest absolute Gasteiger partial charge is 0.144 e. The maximum absolute atomic E-state index is 4.37. The molecule has 0 saturated heterocycles. The quantitative estimate of drug-likeness (QED) is 0.828. The number of hydrogen-bond donors (Lipinski definition) is 1. The Balaban J connectivity index is 2.22. The molecule has 0 aliphatic rings. The first-order chi connectivity index (χ1) is 9.76. The molecule has 0 bridgehead atoms. The number of benzene rings is 1. The molecule has 1 aromatic carbocycles. The zero-order valence-electron chi connectivity index (χ0n) is 11.9. The summed E-state index contributed by atoms with van der Waals surface area (Å²) in [7, 11) is 0. The van der Waals surface area contributed by atoms with Gasteiger partial charge in [-0.15, -0.1) is 0 Å². The summed E-state index contributed by atoms with van der Waals surface area (Å²) in [5, 5.41) is 3.51. The van der Waals surface area contributed by atoms with Gasteiger partial charge < -0.3 is 5.32 Å². The van der Waals surface area contributed by atoms with Gasteiger partial charge in [-0.2, -0.15) is 0 Å². The number of anilines is 1. The second-order valence-electron chi connectivity index (χ2n) is 4.75. The molecular formula is C16H20BrN3. The second-order valence-corrected chi connectivity index (χ2v) is 5.54. The number of aryl methyl sites for hydroxylation is 1. The lowest BCUT2D eigenvalue weighted by molar-refractivity contribution is 0.740. The summed E-state index contributed by atoms with van der Waals surface area (Å²) >= 11 is 3.63. The largest absolute Gasteiger partial charge is 0.362 e. The van der Waals surface area contributed by atoms with E-state index in [1.54, 1.807) is 6.33 Å². The Morgan fingerprint density at radius 1 is 1.15 bits per heavy atom. The Hall–Kier alpha value is -1.42. The first-order valence-corrected chi connectivity index (χ1v) is 7.86. The van der Waals surface area contributed by atoms with Crippen LogP contribution < -0.4 is 5.32 Å². The number of aromatic nitrogens is 2. The molecule has 3 nitrogen and oxygen atoms in total. The minimum absolute atomic E-state index is 0.261. The number of nitrogens with zero attached hydrogens (tertiary/aromatic N) is 2. The number of hydrogen-bond acceptors (Lipinski definition) is 3. The van der Waals surface area contributed by atoms with E-state index in [2.05, 4.69) is 69.3 Å². The van der Waals surface area contributed by atoms with Crippen LogP contribution in [0.15, 0.2) is 41.1 Å². The Bertz CT molecular complexity index is 543. The fourth-order valence-corrected chi connectivity index (χ4v) is 2.71. The maximum atomic E-state index is 4.37. The van der Waals surface area contributed by atoms with Crippen molar-refractivity contribution in [1.29, 1.82) is 0 Å². The third kappa shape index (κ3) is 3.57. The van der Waals surface area contributed by atoms with Crippen LogP contribution in [0.1, 0.15) is 44.0 Å². The molecule has 0 aliphatic heterocycles. The number of rotatable bonds is 6. The highest BCUT2D eigenvalue weighted by Gasteiger charge is 2.13. The first kappa shape index (κ1) is 15.0. The standard InChI is InChI=1S/C16H20BrN3/c1-3-8-14-15(17)16(19-11-18-14)20-13(4-2)12-9-6-5-7-10-12/h5-7,9-11,13H,3-4,8H2,1-2H3,(H,18,19,20). The Morgan fingerprint density at radius 2 is 1.90 bits per heavy atom. The van der Waals surface area contributed by atoms with Crippen molar-refractivity contribution in [2.45, 2.75) is 39.2 Å². The molecule has 20 heavy (non-hydrogen) atoms. The van der Waals surface area contributed by atoms with Crippen LogP contribution in [-0.2, 0) is 6.42 Å². The fraction of sp³-hybridized carbons (Fsp3) is 0.375. The zero-order chi connectivity index (χ0) is 14.4. The van der Waals surface area contributed by atoms with Gasteiger partial charge in [0.25, 0.3) is 0 Å². The molecule has 4 heteroatoms. The normalized spacial score (nSPS) is 12.2. The molecule has 2 rings (SSSR count). The van der Waals surface area contributed by atoms with Gasteiger partial charge in [-0.1, -0.05) is 50.6 Å². The summed E-state index contributed by atoms with van der Waals surface area (Å²) in [6.45, 7) is 4.33. The molecule has 0 amide bonds. The van der Waals surface area contributed by atoms with Crippen LogP contribution in [0.5, 0.6) is 0 Å². The van der Waals surface area contributed by atoms with Crippen molar-refractivity contribution in [1.82, 2.24) is 9.97 Å². The predicted octanol–water partition coefficient (Wildman–Crippen LogP) is 4.75. The van der Waals surface area contributed by atoms with E-state index in [9.17, 15) is 0 Å². The van der Waals surface area contributed by atoms with E-state index >= 15 is 0 Å². The van der Waals surface area contributed by atoms with E-state index in [4.69, 9.17) is 0 Å². The van der Waals surface area contributed by atoms with Gasteiger partial charge in [0, 0.05) is 0 Å². The minimum atomic E-state index is 0.261. The van der Waals surface area contributed by atoms with E-state index < -0.39 is 0 Å². The minimum Gasteiger partial charge on any atom is -0.362 e. The number of halogens is 1. The summed E-state index contributed by atoms with van der Waals surface area (Å²) < 4.78 is 0.983. The van der Waals surface area contributed by atoms with Gasteiger partial charge in [-0.3, -0.25) is 0 Å². The van der Waals surface area contributed by atoms with Crippen molar-refractivity contribution < 1.29 is 0 Å². The molecule has 0 radical (unpaired) electrons. The third-order valence-electron chi connectivity index (χ3n) is 3.27. The topological polar surface area (TPSA) is 37.8 Å². The third-order valence-corrected chi connectivity index (χ3v) is 4.10. The van der Waals surface area contributed by atoms with Crippen LogP contribution in [0.4, 0.5) is 5.82 Å². The molecule has 1 heterocycles. The average molecular weight is 334 g/mol. The van der Waals surface area contributed by atoms with E-state index in [0.29, 0.717) is 0 Å². The summed E-state index contributed by atoms with van der Waals surface area (Å²) in [4.78, 5) is 8.70. The SMILES string of the molecule is CCCc1ncnc(NC(CC)c2ccccc2)c1Br. The van der Waals surface area contributed by atoms with Gasteiger partial charge in [0.1, 0.15) is 12.1 Å². The lowest BCUT2D eigenvalue weighted by Gasteiger charge is -2.19. The van der Waals surface area contributed by atoms with E-state index in [0.717, 1.165) is 35.2 Å². The van der Waals surface area contributed by atoms with Gasteiger partial charge >= 0.3 is 0 Å². The van der Waals surface area contributed by atoms with Crippen molar-refractivity contribution in [3.63, 3.8) is 0 Å². The van der Waals surface area contributed by atoms with Gasteiger partial charge in [0.05, 0.1) is 16.2 Å². The molecule has 1 aromatic heterocycles. The summed E-state index contributed by atoms with van der Waals surface area (Å²) in [6, 6.07) is 10.7. The molecule has 0 fully saturated rings. The van der Waals surface area contributed by atoms with Crippen molar-refractivity contribution in [2.75, 3.05) is 5.32 Å². The number of nitrogens with one attached hydrogen (secondary N) is 1. The van der Waals surface area contributed by atoms with Crippen molar-refractivity contribution in [3.8, 4) is 0 Å². The van der Waals surface area contributed by atoms with Crippen LogP contribution >= 0.6 is 15.9 Å². The molecule has 1 unspecified atom stereocenters. The Kier molecular flexibility index (Phi) is 5.53. The van der Waals surface area contributed by atoms with Gasteiger partial charge in [-0.25, -0.2) is 9.97 Å². The van der Waals surface area contributed by atoms with E-state index in [1.807, 2.05) is 6.07 Å². The second kappa shape index (κ2) is 7.39. The lowest BCUT2D eigenvalue weighted by atomic mass is 10.0. The highest BCUT2D eigenvalue weighted by Crippen LogP contribution is 2.28. The summed E-state index contributed by atoms with van der Waals surface area (Å²) in [5.41, 5.74) is 2.34. The van der Waals surface area contributed by atoms with Gasteiger partial charge in [-0.05, 0) is 34.3 Å². The molecule has 0 spiro atoms. The monoisotopic (exact) mass is 333 g/mol. The van der Waals surface area contributed by atoms with Crippen molar-refractivity contribution >= 4 is 21.7 Å². The van der Waals surface area contributed by atoms with Gasteiger partial charge in [0.2, 0.25) is 0 Å². The van der Waals surface area contributed by atoms with Crippen LogP contribution in [0.3, 0.4) is 0 Å². The molecule has 106 valence electrons. The Morgan fingerprint density at radius 3 is 2.55 bits per heavy atom. The molecule has 1 atom stereocenters. The van der Waals surface area contributed by atoms with Gasteiger partial charge in [0.15, 0.2) is 0 Å². The maximum Gasteiger partial charge on any atom is 0.144 e. The fourth-order valence-electron chi connectivity index (χ4n) is 2.19. The van der Waals surface area contributed by atoms with E-state index in [-0.39, 0.29) is 6.04 Å². The van der Waals surface area contributed by atoms with Crippen LogP contribution in [0, 0.1) is 0 Å². The van der Waals surface area contributed by atoms with Crippen LogP contribution in [0.2, 0.25) is 0 Å². The molecule has 1 N–H and O–H groups in total. The molecule has 0 saturated carbocycles. The molecular weight excluding hydrogens is 314 g/mol. The highest BCUT2D eigenvalue weighted by molar-refractivity contribution is 9.10. The van der Waals surface area contributed by atoms with Crippen molar-refractivity contribution in [2.24, 2.45) is 0 Å². The molecule has 2 aromatic rings. The Labute approximate surface area is 129 Å². The van der Waals surface area contributed by atoms with Crippen LogP contribution in [-0.4, -0.2) is 9.97 Å². The highest BCUT2D eigenvalue weighted by atomic mass is 79.9. The summed E-state index contributed by atoms with van der Waals surface area (Å²) in [5.74, 6) is 0.874. The molecule has 0 aliphatic carbocycles. The van der Waals surface area contributed by atoms with E-state index in [1.165, 1.54) is 5.56 Å². The summed E-state index contributed by atoms with van der Waals surface area (Å²) in [6.07, 6.45) is 4.67. The first-order valence-electron chi connectivity index (χ1n) is 7.07. The van der Waals surface area contributed by atoms with Crippen molar-refractivity contribution in [3.05, 3.63) is 52.4 Å². The average Bonchev–Trinajstić information content (AvgIpc) is 2.49. The lowest BCUT2D eigenvalue weighted by Crippen LogP contribution is -2.12. The zero-order valence-corrected chi connectivity index (χ0v) is 13.5. The predicted molar refractivity (Wildman–Crippen MR) is 86.8 cm³/mol. The van der Waals surface area contributed by atoms with Crippen LogP contribution in [0.25, 0.3) is 0 Å².